The van der Waals surface area contributed by atoms with E-state index in [0.29, 0.717) is 35.2 Å². The van der Waals surface area contributed by atoms with Gasteiger partial charge in [0.2, 0.25) is 0 Å². The molecular formula is C20H19BrClN3O3. The fourth-order valence-electron chi connectivity index (χ4n) is 2.57. The molecule has 0 saturated heterocycles. The molecule has 1 N–H and O–H groups in total. The van der Waals surface area contributed by atoms with E-state index >= 15 is 0 Å². The summed E-state index contributed by atoms with van der Waals surface area (Å²) in [7, 11) is 1.59. The number of carbonyl (C=O) groups excluding carboxylic acids is 1. The second-order valence-electron chi connectivity index (χ2n) is 5.95. The average Bonchev–Trinajstić information content (AvgIpc) is 3.12. The lowest BCUT2D eigenvalue weighted by Crippen LogP contribution is -2.27. The number of methoxy groups -OCH3 is 1. The van der Waals surface area contributed by atoms with Gasteiger partial charge >= 0.3 is 0 Å². The Hall–Kier alpha value is -2.51. The summed E-state index contributed by atoms with van der Waals surface area (Å²) < 4.78 is 13.8. The van der Waals surface area contributed by atoms with Crippen molar-refractivity contribution >= 4 is 33.4 Å². The zero-order chi connectivity index (χ0) is 19.9. The van der Waals surface area contributed by atoms with Crippen LogP contribution >= 0.6 is 27.5 Å². The van der Waals surface area contributed by atoms with Gasteiger partial charge in [-0.1, -0.05) is 11.6 Å². The molecule has 6 nitrogen and oxygen atoms in total. The highest BCUT2D eigenvalue weighted by atomic mass is 79.9. The van der Waals surface area contributed by atoms with Gasteiger partial charge in [-0.3, -0.25) is 9.48 Å². The Bertz CT molecular complexity index is 944. The van der Waals surface area contributed by atoms with Crippen LogP contribution in [0.15, 0.2) is 59.3 Å². The summed E-state index contributed by atoms with van der Waals surface area (Å²) in [5.41, 5.74) is 1.32. The zero-order valence-electron chi connectivity index (χ0n) is 15.2. The SMILES string of the molecule is COc1ccc(C(=O)NCCn2cc(Br)cn2)cc1COc1ccc(Cl)cc1. The molecule has 0 unspecified atom stereocenters. The first kappa shape index (κ1) is 20.2. The molecule has 28 heavy (non-hydrogen) atoms. The number of nitrogens with zero attached hydrogens (tertiary/aromatic N) is 2. The van der Waals surface area contributed by atoms with Crippen LogP contribution < -0.4 is 14.8 Å². The normalized spacial score (nSPS) is 10.5. The molecule has 1 heterocycles. The third-order valence-corrected chi connectivity index (χ3v) is 4.64. The van der Waals surface area contributed by atoms with Gasteiger partial charge in [0.15, 0.2) is 0 Å². The highest BCUT2D eigenvalue weighted by Gasteiger charge is 2.11. The van der Waals surface area contributed by atoms with Crippen LogP contribution in [0.25, 0.3) is 0 Å². The minimum Gasteiger partial charge on any atom is -0.496 e. The summed E-state index contributed by atoms with van der Waals surface area (Å²) in [5.74, 6) is 1.18. The summed E-state index contributed by atoms with van der Waals surface area (Å²) in [4.78, 5) is 12.5. The summed E-state index contributed by atoms with van der Waals surface area (Å²) >= 11 is 9.23. The lowest BCUT2D eigenvalue weighted by Gasteiger charge is -2.12. The van der Waals surface area contributed by atoms with Gasteiger partial charge in [0.25, 0.3) is 5.91 Å². The van der Waals surface area contributed by atoms with Gasteiger partial charge in [-0.15, -0.1) is 0 Å². The van der Waals surface area contributed by atoms with Crippen LogP contribution in [-0.2, 0) is 13.2 Å². The van der Waals surface area contributed by atoms with Gasteiger partial charge in [0.1, 0.15) is 18.1 Å². The molecule has 0 aliphatic rings. The largest absolute Gasteiger partial charge is 0.496 e. The molecule has 0 saturated carbocycles. The third kappa shape index (κ3) is 5.50. The number of nitrogens with one attached hydrogen (secondary N) is 1. The van der Waals surface area contributed by atoms with Gasteiger partial charge in [0.05, 0.1) is 24.3 Å². The molecule has 146 valence electrons. The van der Waals surface area contributed by atoms with E-state index in [1.807, 2.05) is 6.20 Å². The molecule has 3 aromatic rings. The van der Waals surface area contributed by atoms with E-state index in [2.05, 4.69) is 26.3 Å². The van der Waals surface area contributed by atoms with Gasteiger partial charge in [-0.25, -0.2) is 0 Å². The highest BCUT2D eigenvalue weighted by Crippen LogP contribution is 2.23. The number of benzene rings is 2. The van der Waals surface area contributed by atoms with Crippen LogP contribution in [0.4, 0.5) is 0 Å². The third-order valence-electron chi connectivity index (χ3n) is 3.98. The fraction of sp³-hybridized carbons (Fsp3) is 0.200. The van der Waals surface area contributed by atoms with E-state index in [4.69, 9.17) is 21.1 Å². The first-order valence-electron chi connectivity index (χ1n) is 8.56. The molecular weight excluding hydrogens is 446 g/mol. The molecule has 8 heteroatoms. The van der Waals surface area contributed by atoms with Crippen molar-refractivity contribution in [1.82, 2.24) is 15.1 Å². The van der Waals surface area contributed by atoms with Crippen molar-refractivity contribution in [2.24, 2.45) is 0 Å². The highest BCUT2D eigenvalue weighted by molar-refractivity contribution is 9.10. The van der Waals surface area contributed by atoms with E-state index in [0.717, 1.165) is 10.0 Å². The maximum atomic E-state index is 12.5. The average molecular weight is 465 g/mol. The molecule has 0 radical (unpaired) electrons. The summed E-state index contributed by atoms with van der Waals surface area (Å²) in [6.07, 6.45) is 3.56. The number of carbonyl (C=O) groups is 1. The zero-order valence-corrected chi connectivity index (χ0v) is 17.5. The Balaban J connectivity index is 1.61. The summed E-state index contributed by atoms with van der Waals surface area (Å²) in [6, 6.07) is 12.4. The molecule has 0 atom stereocenters. The Morgan fingerprint density at radius 3 is 2.71 bits per heavy atom. The van der Waals surface area contributed by atoms with Gasteiger partial charge in [-0.05, 0) is 58.4 Å². The molecule has 1 amide bonds. The number of hydrogen-bond donors (Lipinski definition) is 1. The summed E-state index contributed by atoms with van der Waals surface area (Å²) in [6.45, 7) is 1.32. The first-order chi connectivity index (χ1) is 13.5. The quantitative estimate of drug-likeness (QED) is 0.539. The van der Waals surface area contributed by atoms with Crippen molar-refractivity contribution in [2.75, 3.05) is 13.7 Å². The van der Waals surface area contributed by atoms with Crippen LogP contribution in [0, 0.1) is 0 Å². The van der Waals surface area contributed by atoms with E-state index in [1.54, 1.807) is 60.5 Å². The number of aromatic nitrogens is 2. The maximum absolute atomic E-state index is 12.5. The van der Waals surface area contributed by atoms with Crippen LogP contribution in [0.5, 0.6) is 11.5 Å². The number of rotatable bonds is 8. The molecule has 0 aliphatic heterocycles. The molecule has 0 fully saturated rings. The van der Waals surface area contributed by atoms with Crippen molar-refractivity contribution in [3.63, 3.8) is 0 Å². The van der Waals surface area contributed by atoms with E-state index < -0.39 is 0 Å². The van der Waals surface area contributed by atoms with E-state index in [-0.39, 0.29) is 12.5 Å². The number of hydrogen-bond acceptors (Lipinski definition) is 4. The Morgan fingerprint density at radius 1 is 1.25 bits per heavy atom. The van der Waals surface area contributed by atoms with Crippen molar-refractivity contribution < 1.29 is 14.3 Å². The molecule has 0 aliphatic carbocycles. The molecule has 0 spiro atoms. The lowest BCUT2D eigenvalue weighted by molar-refractivity contribution is 0.0951. The minimum atomic E-state index is -0.165. The second kappa shape index (κ2) is 9.61. The van der Waals surface area contributed by atoms with Crippen molar-refractivity contribution in [3.05, 3.63) is 75.5 Å². The lowest BCUT2D eigenvalue weighted by atomic mass is 10.1. The van der Waals surface area contributed by atoms with Gasteiger partial charge < -0.3 is 14.8 Å². The van der Waals surface area contributed by atoms with Crippen molar-refractivity contribution in [3.8, 4) is 11.5 Å². The first-order valence-corrected chi connectivity index (χ1v) is 9.73. The van der Waals surface area contributed by atoms with E-state index in [9.17, 15) is 4.79 Å². The molecule has 2 aromatic carbocycles. The molecule has 0 bridgehead atoms. The smallest absolute Gasteiger partial charge is 0.251 e. The van der Waals surface area contributed by atoms with Crippen LogP contribution in [0.2, 0.25) is 5.02 Å². The standard InChI is InChI=1S/C20H19BrClN3O3/c1-27-19-7-2-14(20(26)23-8-9-25-12-16(21)11-24-25)10-15(19)13-28-18-5-3-17(22)4-6-18/h2-7,10-12H,8-9,13H2,1H3,(H,23,26). The van der Waals surface area contributed by atoms with Crippen LogP contribution in [0.3, 0.4) is 0 Å². The predicted octanol–water partition coefficient (Wildman–Crippen LogP) is 4.32. The van der Waals surface area contributed by atoms with E-state index in [1.165, 1.54) is 0 Å². The molecule has 3 rings (SSSR count). The maximum Gasteiger partial charge on any atom is 0.251 e. The van der Waals surface area contributed by atoms with Crippen molar-refractivity contribution in [2.45, 2.75) is 13.2 Å². The Labute approximate surface area is 176 Å². The fourth-order valence-corrected chi connectivity index (χ4v) is 3.03. The Kier molecular flexibility index (Phi) is 6.95. The predicted molar refractivity (Wildman–Crippen MR) is 111 cm³/mol. The monoisotopic (exact) mass is 463 g/mol. The number of halogens is 2. The van der Waals surface area contributed by atoms with Crippen LogP contribution in [-0.4, -0.2) is 29.3 Å². The van der Waals surface area contributed by atoms with Crippen LogP contribution in [0.1, 0.15) is 15.9 Å². The topological polar surface area (TPSA) is 65.4 Å². The second-order valence-corrected chi connectivity index (χ2v) is 7.30. The number of ether oxygens (including phenoxy) is 2. The van der Waals surface area contributed by atoms with Crippen molar-refractivity contribution in [1.29, 1.82) is 0 Å². The molecule has 1 aromatic heterocycles. The summed E-state index contributed by atoms with van der Waals surface area (Å²) in [5, 5.41) is 7.69. The van der Waals surface area contributed by atoms with Gasteiger partial charge in [0, 0.05) is 28.9 Å². The van der Waals surface area contributed by atoms with Gasteiger partial charge in [-0.2, -0.15) is 5.10 Å². The number of amides is 1. The minimum absolute atomic E-state index is 0.165. The Morgan fingerprint density at radius 2 is 2.04 bits per heavy atom.